The molecule has 2 aliphatic heterocycles. The lowest BCUT2D eigenvalue weighted by Gasteiger charge is -2.36. The first-order valence-corrected chi connectivity index (χ1v) is 9.46. The minimum Gasteiger partial charge on any atom is -0.485 e. The number of amides is 2. The molecule has 1 N–H and O–H groups in total. The lowest BCUT2D eigenvalue weighted by molar-refractivity contribution is -0.143. The number of nitrogens with one attached hydrogen (secondary N) is 1. The van der Waals surface area contributed by atoms with Crippen molar-refractivity contribution in [2.45, 2.75) is 45.3 Å². The Morgan fingerprint density at radius 3 is 2.74 bits per heavy atom. The second kappa shape index (κ2) is 8.06. The van der Waals surface area contributed by atoms with Gasteiger partial charge >= 0.3 is 6.09 Å². The molecule has 1 aromatic rings. The molecule has 0 saturated carbocycles. The van der Waals surface area contributed by atoms with E-state index in [4.69, 9.17) is 14.2 Å². The van der Waals surface area contributed by atoms with Gasteiger partial charge in [-0.2, -0.15) is 0 Å². The molecule has 0 aromatic heterocycles. The van der Waals surface area contributed by atoms with Gasteiger partial charge in [-0.15, -0.1) is 0 Å². The van der Waals surface area contributed by atoms with Crippen LogP contribution in [0, 0.1) is 5.92 Å². The molecule has 2 aliphatic rings. The van der Waals surface area contributed by atoms with Crippen molar-refractivity contribution in [3.05, 3.63) is 24.3 Å². The van der Waals surface area contributed by atoms with Crippen LogP contribution >= 0.6 is 0 Å². The second-order valence-corrected chi connectivity index (χ2v) is 8.04. The van der Waals surface area contributed by atoms with Gasteiger partial charge in [-0.05, 0) is 51.7 Å². The van der Waals surface area contributed by atoms with Gasteiger partial charge in [-0.1, -0.05) is 12.1 Å². The van der Waals surface area contributed by atoms with Gasteiger partial charge in [0.1, 0.15) is 12.2 Å². The van der Waals surface area contributed by atoms with Crippen LogP contribution in [0.3, 0.4) is 0 Å². The maximum absolute atomic E-state index is 12.8. The summed E-state index contributed by atoms with van der Waals surface area (Å²) < 4.78 is 16.7. The average molecular weight is 376 g/mol. The maximum Gasteiger partial charge on any atom is 0.407 e. The van der Waals surface area contributed by atoms with Gasteiger partial charge in [0.2, 0.25) is 6.10 Å². The van der Waals surface area contributed by atoms with Crippen LogP contribution in [0.2, 0.25) is 0 Å². The van der Waals surface area contributed by atoms with E-state index in [2.05, 4.69) is 5.32 Å². The summed E-state index contributed by atoms with van der Waals surface area (Å²) in [7, 11) is 0. The Hall–Kier alpha value is -2.44. The Morgan fingerprint density at radius 1 is 1.26 bits per heavy atom. The molecule has 0 spiro atoms. The lowest BCUT2D eigenvalue weighted by Crippen LogP contribution is -2.51. The highest BCUT2D eigenvalue weighted by atomic mass is 16.6. The summed E-state index contributed by atoms with van der Waals surface area (Å²) in [5.41, 5.74) is -0.521. The molecule has 2 amide bonds. The molecule has 2 atom stereocenters. The molecule has 2 heterocycles. The van der Waals surface area contributed by atoms with Crippen molar-refractivity contribution in [2.75, 3.05) is 26.2 Å². The number of benzene rings is 1. The van der Waals surface area contributed by atoms with Crippen LogP contribution in [-0.4, -0.2) is 54.8 Å². The molecule has 148 valence electrons. The average Bonchev–Trinajstić information content (AvgIpc) is 2.64. The number of nitrogens with zero attached hydrogens (tertiary/aromatic N) is 1. The van der Waals surface area contributed by atoms with Gasteiger partial charge in [0.25, 0.3) is 5.91 Å². The summed E-state index contributed by atoms with van der Waals surface area (Å²) in [6, 6.07) is 7.36. The van der Waals surface area contributed by atoms with E-state index < -0.39 is 17.8 Å². The molecule has 0 bridgehead atoms. The standard InChI is InChI=1S/C20H28N2O5/c1-20(2,3)27-19(24)21-11-14-7-6-10-22(12-14)18(23)17-13-25-15-8-4-5-9-16(15)26-17/h4-5,8-9,14,17H,6-7,10-13H2,1-3H3,(H,21,24)/t14-,17-/m0/s1. The third kappa shape index (κ3) is 5.28. The molecule has 1 aromatic carbocycles. The summed E-state index contributed by atoms with van der Waals surface area (Å²) in [5.74, 6) is 1.40. The number of fused-ring (bicyclic) bond motifs is 1. The third-order valence-electron chi connectivity index (χ3n) is 4.55. The Morgan fingerprint density at radius 2 is 2.00 bits per heavy atom. The molecular weight excluding hydrogens is 348 g/mol. The molecule has 0 aliphatic carbocycles. The highest BCUT2D eigenvalue weighted by Crippen LogP contribution is 2.31. The zero-order valence-corrected chi connectivity index (χ0v) is 16.2. The number of piperidine rings is 1. The van der Waals surface area contributed by atoms with Crippen LogP contribution in [0.5, 0.6) is 11.5 Å². The van der Waals surface area contributed by atoms with Gasteiger partial charge in [-0.3, -0.25) is 4.79 Å². The Balaban J connectivity index is 1.51. The van der Waals surface area contributed by atoms with Gasteiger partial charge < -0.3 is 24.4 Å². The first-order valence-electron chi connectivity index (χ1n) is 9.46. The quantitative estimate of drug-likeness (QED) is 0.877. The van der Waals surface area contributed by atoms with E-state index in [9.17, 15) is 9.59 Å². The lowest BCUT2D eigenvalue weighted by atomic mass is 9.97. The van der Waals surface area contributed by atoms with Crippen LogP contribution < -0.4 is 14.8 Å². The second-order valence-electron chi connectivity index (χ2n) is 8.04. The van der Waals surface area contributed by atoms with Gasteiger partial charge in [-0.25, -0.2) is 4.79 Å². The molecule has 3 rings (SSSR count). The highest BCUT2D eigenvalue weighted by Gasteiger charge is 2.33. The number of carbonyl (C=O) groups excluding carboxylic acids is 2. The van der Waals surface area contributed by atoms with Crippen LogP contribution in [0.4, 0.5) is 4.79 Å². The van der Waals surface area contributed by atoms with Crippen LogP contribution in [0.15, 0.2) is 24.3 Å². The van der Waals surface area contributed by atoms with E-state index in [1.54, 1.807) is 6.07 Å². The largest absolute Gasteiger partial charge is 0.485 e. The number of para-hydroxylation sites is 2. The zero-order chi connectivity index (χ0) is 19.4. The first-order chi connectivity index (χ1) is 12.8. The molecular formula is C20H28N2O5. The van der Waals surface area contributed by atoms with Crippen molar-refractivity contribution in [3.63, 3.8) is 0 Å². The van der Waals surface area contributed by atoms with E-state index in [-0.39, 0.29) is 18.4 Å². The van der Waals surface area contributed by atoms with Crippen LogP contribution in [-0.2, 0) is 9.53 Å². The van der Waals surface area contributed by atoms with Gasteiger partial charge in [0.15, 0.2) is 11.5 Å². The Kier molecular flexibility index (Phi) is 5.77. The van der Waals surface area contributed by atoms with Crippen LogP contribution in [0.25, 0.3) is 0 Å². The molecule has 0 radical (unpaired) electrons. The minimum absolute atomic E-state index is 0.0635. The van der Waals surface area contributed by atoms with E-state index in [1.807, 2.05) is 43.9 Å². The molecule has 0 unspecified atom stereocenters. The predicted molar refractivity (Wildman–Crippen MR) is 99.9 cm³/mol. The van der Waals surface area contributed by atoms with Crippen LogP contribution in [0.1, 0.15) is 33.6 Å². The van der Waals surface area contributed by atoms with Gasteiger partial charge in [0, 0.05) is 19.6 Å². The number of ether oxygens (including phenoxy) is 3. The summed E-state index contributed by atoms with van der Waals surface area (Å²) in [6.45, 7) is 7.49. The van der Waals surface area contributed by atoms with Crippen molar-refractivity contribution in [1.29, 1.82) is 0 Å². The van der Waals surface area contributed by atoms with E-state index >= 15 is 0 Å². The van der Waals surface area contributed by atoms with Crippen molar-refractivity contribution < 1.29 is 23.8 Å². The summed E-state index contributed by atoms with van der Waals surface area (Å²) in [5, 5.41) is 2.81. The summed E-state index contributed by atoms with van der Waals surface area (Å²) in [4.78, 5) is 26.5. The topological polar surface area (TPSA) is 77.1 Å². The number of likely N-dealkylation sites (tertiary alicyclic amines) is 1. The van der Waals surface area contributed by atoms with Crippen molar-refractivity contribution >= 4 is 12.0 Å². The molecule has 7 nitrogen and oxygen atoms in total. The first kappa shape index (κ1) is 19.3. The normalized spacial score (nSPS) is 22.1. The SMILES string of the molecule is CC(C)(C)OC(=O)NC[C@@H]1CCCN(C(=O)[C@@H]2COc3ccccc3O2)C1. The fourth-order valence-electron chi connectivity index (χ4n) is 3.32. The van der Waals surface area contributed by atoms with Crippen molar-refractivity contribution in [1.82, 2.24) is 10.2 Å². The number of carbonyl (C=O) groups is 2. The number of hydrogen-bond acceptors (Lipinski definition) is 5. The Bertz CT molecular complexity index is 685. The predicted octanol–water partition coefficient (Wildman–Crippen LogP) is 2.59. The van der Waals surface area contributed by atoms with E-state index in [0.717, 1.165) is 12.8 Å². The van der Waals surface area contributed by atoms with Crippen molar-refractivity contribution in [3.8, 4) is 11.5 Å². The fraction of sp³-hybridized carbons (Fsp3) is 0.600. The molecule has 1 saturated heterocycles. The maximum atomic E-state index is 12.8. The van der Waals surface area contributed by atoms with Crippen molar-refractivity contribution in [2.24, 2.45) is 5.92 Å². The summed E-state index contributed by atoms with van der Waals surface area (Å²) in [6.07, 6.45) is 0.810. The minimum atomic E-state index is -0.627. The van der Waals surface area contributed by atoms with Gasteiger partial charge in [0.05, 0.1) is 0 Å². The number of alkyl carbamates (subject to hydrolysis) is 1. The van der Waals surface area contributed by atoms with E-state index in [0.29, 0.717) is 31.1 Å². The molecule has 7 heteroatoms. The molecule has 27 heavy (non-hydrogen) atoms. The number of hydrogen-bond donors (Lipinski definition) is 1. The fourth-order valence-corrected chi connectivity index (χ4v) is 3.32. The van der Waals surface area contributed by atoms with E-state index in [1.165, 1.54) is 0 Å². The molecule has 1 fully saturated rings. The Labute approximate surface area is 160 Å². The zero-order valence-electron chi connectivity index (χ0n) is 16.2. The smallest absolute Gasteiger partial charge is 0.407 e. The monoisotopic (exact) mass is 376 g/mol. The summed E-state index contributed by atoms with van der Waals surface area (Å²) >= 11 is 0. The highest BCUT2D eigenvalue weighted by molar-refractivity contribution is 5.82. The third-order valence-corrected chi connectivity index (χ3v) is 4.55. The number of rotatable bonds is 3.